The maximum absolute atomic E-state index is 11.6. The fourth-order valence-electron chi connectivity index (χ4n) is 3.07. The SMILES string of the molecule is CCCC(=O)NCC1CCCN(c2ccc3nnc(C)n3n2)C1. The summed E-state index contributed by atoms with van der Waals surface area (Å²) in [6, 6.07) is 3.95. The van der Waals surface area contributed by atoms with Crippen molar-refractivity contribution in [1.29, 1.82) is 0 Å². The van der Waals surface area contributed by atoms with E-state index < -0.39 is 0 Å². The van der Waals surface area contributed by atoms with Crippen molar-refractivity contribution in [1.82, 2.24) is 25.1 Å². The van der Waals surface area contributed by atoms with Crippen LogP contribution in [0, 0.1) is 12.8 Å². The number of piperidine rings is 1. The van der Waals surface area contributed by atoms with Crippen molar-refractivity contribution < 1.29 is 4.79 Å². The average Bonchev–Trinajstić information content (AvgIpc) is 2.94. The van der Waals surface area contributed by atoms with Gasteiger partial charge >= 0.3 is 0 Å². The van der Waals surface area contributed by atoms with Crippen LogP contribution in [-0.4, -0.2) is 45.4 Å². The third kappa shape index (κ3) is 3.60. The van der Waals surface area contributed by atoms with E-state index in [1.165, 1.54) is 0 Å². The topological polar surface area (TPSA) is 75.4 Å². The quantitative estimate of drug-likeness (QED) is 0.906. The summed E-state index contributed by atoms with van der Waals surface area (Å²) in [4.78, 5) is 13.9. The van der Waals surface area contributed by atoms with Crippen molar-refractivity contribution in [3.05, 3.63) is 18.0 Å². The van der Waals surface area contributed by atoms with Crippen molar-refractivity contribution >= 4 is 17.4 Å². The van der Waals surface area contributed by atoms with Crippen molar-refractivity contribution in [3.8, 4) is 0 Å². The maximum atomic E-state index is 11.6. The Kier molecular flexibility index (Phi) is 4.73. The first kappa shape index (κ1) is 15.7. The van der Waals surface area contributed by atoms with Crippen LogP contribution in [0.4, 0.5) is 5.82 Å². The first-order valence-electron chi connectivity index (χ1n) is 8.38. The molecule has 1 unspecified atom stereocenters. The van der Waals surface area contributed by atoms with Gasteiger partial charge in [0, 0.05) is 26.1 Å². The Morgan fingerprint density at radius 2 is 2.26 bits per heavy atom. The van der Waals surface area contributed by atoms with E-state index in [2.05, 4.69) is 25.5 Å². The summed E-state index contributed by atoms with van der Waals surface area (Å²) in [7, 11) is 0. The summed E-state index contributed by atoms with van der Waals surface area (Å²) in [6.45, 7) is 6.60. The largest absolute Gasteiger partial charge is 0.356 e. The zero-order valence-corrected chi connectivity index (χ0v) is 13.8. The number of carbonyl (C=O) groups excluding carboxylic acids is 1. The minimum Gasteiger partial charge on any atom is -0.356 e. The number of hydrogen-bond donors (Lipinski definition) is 1. The van der Waals surface area contributed by atoms with Gasteiger partial charge in [0.2, 0.25) is 5.91 Å². The minimum absolute atomic E-state index is 0.157. The second kappa shape index (κ2) is 6.93. The fraction of sp³-hybridized carbons (Fsp3) is 0.625. The number of anilines is 1. The van der Waals surface area contributed by atoms with Crippen LogP contribution in [0.2, 0.25) is 0 Å². The Labute approximate surface area is 136 Å². The average molecular weight is 316 g/mol. The lowest BCUT2D eigenvalue weighted by Gasteiger charge is -2.33. The molecule has 23 heavy (non-hydrogen) atoms. The van der Waals surface area contributed by atoms with Gasteiger partial charge in [0.05, 0.1) is 0 Å². The molecule has 2 aromatic rings. The predicted octanol–water partition coefficient (Wildman–Crippen LogP) is 1.57. The summed E-state index contributed by atoms with van der Waals surface area (Å²) in [5.41, 5.74) is 0.770. The molecule has 3 rings (SSSR count). The van der Waals surface area contributed by atoms with E-state index in [0.717, 1.165) is 56.2 Å². The highest BCUT2D eigenvalue weighted by Gasteiger charge is 2.22. The van der Waals surface area contributed by atoms with Crippen molar-refractivity contribution in [2.24, 2.45) is 5.92 Å². The Bertz CT molecular complexity index is 682. The lowest BCUT2D eigenvalue weighted by molar-refractivity contribution is -0.121. The van der Waals surface area contributed by atoms with E-state index in [1.54, 1.807) is 4.52 Å². The van der Waals surface area contributed by atoms with Gasteiger partial charge in [0.25, 0.3) is 0 Å². The van der Waals surface area contributed by atoms with E-state index in [0.29, 0.717) is 12.3 Å². The summed E-state index contributed by atoms with van der Waals surface area (Å²) < 4.78 is 1.78. The summed E-state index contributed by atoms with van der Waals surface area (Å²) >= 11 is 0. The van der Waals surface area contributed by atoms with Crippen molar-refractivity contribution in [3.63, 3.8) is 0 Å². The van der Waals surface area contributed by atoms with Crippen LogP contribution in [0.3, 0.4) is 0 Å². The third-order valence-electron chi connectivity index (χ3n) is 4.31. The molecule has 0 bridgehead atoms. The first-order chi connectivity index (χ1) is 11.2. The smallest absolute Gasteiger partial charge is 0.219 e. The number of aromatic nitrogens is 4. The minimum atomic E-state index is 0.157. The molecule has 0 radical (unpaired) electrons. The van der Waals surface area contributed by atoms with Crippen molar-refractivity contribution in [2.75, 3.05) is 24.5 Å². The summed E-state index contributed by atoms with van der Waals surface area (Å²) in [6.07, 6.45) is 3.78. The summed E-state index contributed by atoms with van der Waals surface area (Å²) in [5.74, 6) is 2.38. The molecule has 1 atom stereocenters. The number of amides is 1. The van der Waals surface area contributed by atoms with E-state index in [-0.39, 0.29) is 5.91 Å². The zero-order chi connectivity index (χ0) is 16.2. The van der Waals surface area contributed by atoms with Gasteiger partial charge in [-0.2, -0.15) is 4.52 Å². The van der Waals surface area contributed by atoms with Gasteiger partial charge in [-0.05, 0) is 44.2 Å². The molecule has 1 amide bonds. The van der Waals surface area contributed by atoms with Gasteiger partial charge in [0.1, 0.15) is 5.82 Å². The number of aryl methyl sites for hydroxylation is 1. The number of fused-ring (bicyclic) bond motifs is 1. The van der Waals surface area contributed by atoms with Crippen LogP contribution in [0.1, 0.15) is 38.4 Å². The number of rotatable bonds is 5. The van der Waals surface area contributed by atoms with Gasteiger partial charge in [0.15, 0.2) is 11.5 Å². The van der Waals surface area contributed by atoms with Gasteiger partial charge < -0.3 is 10.2 Å². The molecule has 1 fully saturated rings. The molecule has 7 heteroatoms. The molecule has 0 spiro atoms. The van der Waals surface area contributed by atoms with Crippen LogP contribution in [0.15, 0.2) is 12.1 Å². The van der Waals surface area contributed by atoms with Gasteiger partial charge in [-0.1, -0.05) is 6.92 Å². The normalized spacial score (nSPS) is 18.3. The molecule has 1 aliphatic rings. The van der Waals surface area contributed by atoms with Crippen LogP contribution in [-0.2, 0) is 4.79 Å². The Hall–Kier alpha value is -2.18. The molecule has 1 aliphatic heterocycles. The molecule has 0 aromatic carbocycles. The number of nitrogens with zero attached hydrogens (tertiary/aromatic N) is 5. The van der Waals surface area contributed by atoms with Gasteiger partial charge in [-0.15, -0.1) is 15.3 Å². The molecular formula is C16H24N6O. The van der Waals surface area contributed by atoms with Gasteiger partial charge in [-0.3, -0.25) is 4.79 Å². The van der Waals surface area contributed by atoms with E-state index in [4.69, 9.17) is 0 Å². The number of hydrogen-bond acceptors (Lipinski definition) is 5. The molecule has 1 saturated heterocycles. The molecule has 3 heterocycles. The molecule has 0 saturated carbocycles. The van der Waals surface area contributed by atoms with Gasteiger partial charge in [-0.25, -0.2) is 0 Å². The predicted molar refractivity (Wildman–Crippen MR) is 88.4 cm³/mol. The molecule has 2 aromatic heterocycles. The Morgan fingerprint density at radius 3 is 3.09 bits per heavy atom. The molecule has 7 nitrogen and oxygen atoms in total. The standard InChI is InChI=1S/C16H24N6O/c1-3-5-16(23)17-10-13-6-4-9-21(11-13)15-8-7-14-19-18-12(2)22(14)20-15/h7-8,13H,3-6,9-11H2,1-2H3,(H,17,23). The lowest BCUT2D eigenvalue weighted by atomic mass is 9.98. The Balaban J connectivity index is 1.65. The molecule has 124 valence electrons. The highest BCUT2D eigenvalue weighted by molar-refractivity contribution is 5.75. The number of carbonyl (C=O) groups is 1. The fourth-order valence-corrected chi connectivity index (χ4v) is 3.07. The van der Waals surface area contributed by atoms with E-state index >= 15 is 0 Å². The highest BCUT2D eigenvalue weighted by atomic mass is 16.1. The lowest BCUT2D eigenvalue weighted by Crippen LogP contribution is -2.41. The first-order valence-corrected chi connectivity index (χ1v) is 8.38. The zero-order valence-electron chi connectivity index (χ0n) is 13.8. The monoisotopic (exact) mass is 316 g/mol. The van der Waals surface area contributed by atoms with Crippen LogP contribution >= 0.6 is 0 Å². The van der Waals surface area contributed by atoms with E-state index in [9.17, 15) is 4.79 Å². The third-order valence-corrected chi connectivity index (χ3v) is 4.31. The molecular weight excluding hydrogens is 292 g/mol. The second-order valence-electron chi connectivity index (χ2n) is 6.22. The second-order valence-corrected chi connectivity index (χ2v) is 6.22. The van der Waals surface area contributed by atoms with E-state index in [1.807, 2.05) is 26.0 Å². The summed E-state index contributed by atoms with van der Waals surface area (Å²) in [5, 5.41) is 15.8. The molecule has 0 aliphatic carbocycles. The van der Waals surface area contributed by atoms with Crippen molar-refractivity contribution in [2.45, 2.75) is 39.5 Å². The van der Waals surface area contributed by atoms with Crippen LogP contribution < -0.4 is 10.2 Å². The highest BCUT2D eigenvalue weighted by Crippen LogP contribution is 2.21. The molecule has 1 N–H and O–H groups in total. The van der Waals surface area contributed by atoms with Crippen LogP contribution in [0.5, 0.6) is 0 Å². The maximum Gasteiger partial charge on any atom is 0.219 e. The Morgan fingerprint density at radius 1 is 1.39 bits per heavy atom. The number of nitrogens with one attached hydrogen (secondary N) is 1. The van der Waals surface area contributed by atoms with Crippen LogP contribution in [0.25, 0.3) is 5.65 Å².